The van der Waals surface area contributed by atoms with Gasteiger partial charge in [-0.2, -0.15) is 0 Å². The van der Waals surface area contributed by atoms with Crippen molar-refractivity contribution in [1.82, 2.24) is 0 Å². The fraction of sp³-hybridized carbons (Fsp3) is 0.714. The Morgan fingerprint density at radius 1 is 1.50 bits per heavy atom. The molecule has 0 amide bonds. The summed E-state index contributed by atoms with van der Waals surface area (Å²) >= 11 is 7.46. The summed E-state index contributed by atoms with van der Waals surface area (Å²) in [6.07, 6.45) is 4.37. The Kier molecular flexibility index (Phi) is 4.70. The van der Waals surface area contributed by atoms with Crippen LogP contribution in [0.3, 0.4) is 0 Å². The molecule has 1 atom stereocenters. The fourth-order valence-corrected chi connectivity index (χ4v) is 3.89. The number of hydrogen-bond acceptors (Lipinski definition) is 3. The number of aliphatic hydroxyl groups excluding tert-OH is 1. The summed E-state index contributed by atoms with van der Waals surface area (Å²) in [5.41, 5.74) is -0.358. The molecule has 1 aliphatic rings. The highest BCUT2D eigenvalue weighted by atomic mass is 35.5. The van der Waals surface area contributed by atoms with Crippen LogP contribution in [0, 0.1) is 5.92 Å². The summed E-state index contributed by atoms with van der Waals surface area (Å²) in [4.78, 5) is 1.13. The molecule has 1 aromatic rings. The highest BCUT2D eigenvalue weighted by Crippen LogP contribution is 2.38. The molecule has 0 spiro atoms. The lowest BCUT2D eigenvalue weighted by molar-refractivity contribution is -0.127. The largest absolute Gasteiger partial charge is 0.390 e. The van der Waals surface area contributed by atoms with E-state index in [1.807, 2.05) is 12.1 Å². The Bertz CT molecular complexity index is 383. The van der Waals surface area contributed by atoms with Crippen LogP contribution in [-0.4, -0.2) is 23.9 Å². The summed E-state index contributed by atoms with van der Waals surface area (Å²) in [6.45, 7) is 2.27. The van der Waals surface area contributed by atoms with Gasteiger partial charge in [0.05, 0.1) is 16.0 Å². The van der Waals surface area contributed by atoms with E-state index in [0.29, 0.717) is 6.42 Å². The van der Waals surface area contributed by atoms with Crippen molar-refractivity contribution >= 4 is 22.9 Å². The van der Waals surface area contributed by atoms with Crippen LogP contribution in [0.4, 0.5) is 0 Å². The van der Waals surface area contributed by atoms with E-state index in [4.69, 9.17) is 16.3 Å². The van der Waals surface area contributed by atoms with Gasteiger partial charge in [0.15, 0.2) is 0 Å². The quantitative estimate of drug-likeness (QED) is 0.910. The van der Waals surface area contributed by atoms with Crippen molar-refractivity contribution in [2.24, 2.45) is 5.92 Å². The van der Waals surface area contributed by atoms with Crippen molar-refractivity contribution in [3.05, 3.63) is 21.3 Å². The average molecular weight is 289 g/mol. The second-order valence-corrected chi connectivity index (χ2v) is 7.18. The summed E-state index contributed by atoms with van der Waals surface area (Å²) in [7, 11) is 1.72. The van der Waals surface area contributed by atoms with Gasteiger partial charge in [-0.05, 0) is 43.7 Å². The van der Waals surface area contributed by atoms with Crippen LogP contribution in [0.1, 0.15) is 37.5 Å². The van der Waals surface area contributed by atoms with Crippen molar-refractivity contribution in [2.75, 3.05) is 7.11 Å². The van der Waals surface area contributed by atoms with E-state index in [-0.39, 0.29) is 5.60 Å². The maximum Gasteiger partial charge on any atom is 0.0940 e. The van der Waals surface area contributed by atoms with Gasteiger partial charge in [0, 0.05) is 18.4 Å². The topological polar surface area (TPSA) is 29.5 Å². The molecule has 1 aromatic heterocycles. The van der Waals surface area contributed by atoms with Gasteiger partial charge < -0.3 is 9.84 Å². The van der Waals surface area contributed by atoms with Crippen LogP contribution in [0.2, 0.25) is 4.34 Å². The molecule has 1 aliphatic carbocycles. The maximum absolute atomic E-state index is 10.5. The smallest absolute Gasteiger partial charge is 0.0940 e. The molecule has 1 N–H and O–H groups in total. The molecule has 0 aromatic carbocycles. The monoisotopic (exact) mass is 288 g/mol. The third-order valence-corrected chi connectivity index (χ3v) is 5.41. The summed E-state index contributed by atoms with van der Waals surface area (Å²) in [5.74, 6) is 0.747. The molecule has 1 fully saturated rings. The van der Waals surface area contributed by atoms with Crippen molar-refractivity contribution < 1.29 is 9.84 Å². The third kappa shape index (κ3) is 3.08. The number of rotatable bonds is 4. The minimum atomic E-state index is -0.440. The molecule has 0 bridgehead atoms. The van der Waals surface area contributed by atoms with E-state index in [1.165, 1.54) is 11.3 Å². The zero-order valence-electron chi connectivity index (χ0n) is 11.0. The first-order valence-corrected chi connectivity index (χ1v) is 7.72. The molecular formula is C14H21ClO2S. The van der Waals surface area contributed by atoms with Gasteiger partial charge in [-0.15, -0.1) is 11.3 Å². The maximum atomic E-state index is 10.5. The summed E-state index contributed by atoms with van der Waals surface area (Å²) in [5, 5.41) is 10.5. The van der Waals surface area contributed by atoms with Gasteiger partial charge in [-0.25, -0.2) is 0 Å². The molecule has 2 rings (SSSR count). The Balaban J connectivity index is 2.03. The molecule has 18 heavy (non-hydrogen) atoms. The lowest BCUT2D eigenvalue weighted by Crippen LogP contribution is -2.47. The molecule has 0 aliphatic heterocycles. The predicted molar refractivity (Wildman–Crippen MR) is 76.4 cm³/mol. The summed E-state index contributed by atoms with van der Waals surface area (Å²) < 4.78 is 6.47. The van der Waals surface area contributed by atoms with Gasteiger partial charge in [-0.1, -0.05) is 18.5 Å². The van der Waals surface area contributed by atoms with Crippen molar-refractivity contribution in [3.8, 4) is 0 Å². The van der Waals surface area contributed by atoms with Gasteiger partial charge >= 0.3 is 0 Å². The molecule has 1 unspecified atom stereocenters. The van der Waals surface area contributed by atoms with Crippen LogP contribution in [-0.2, 0) is 11.2 Å². The second-order valence-electron chi connectivity index (χ2n) is 5.38. The van der Waals surface area contributed by atoms with E-state index in [1.54, 1.807) is 7.11 Å². The molecule has 1 heterocycles. The lowest BCUT2D eigenvalue weighted by Gasteiger charge is -2.41. The van der Waals surface area contributed by atoms with Crippen LogP contribution in [0.5, 0.6) is 0 Å². The van der Waals surface area contributed by atoms with E-state index in [0.717, 1.165) is 40.8 Å². The van der Waals surface area contributed by atoms with Crippen LogP contribution in [0.15, 0.2) is 12.1 Å². The van der Waals surface area contributed by atoms with Crippen LogP contribution >= 0.6 is 22.9 Å². The zero-order chi connectivity index (χ0) is 13.2. The fourth-order valence-electron chi connectivity index (χ4n) is 2.76. The normalized spacial score (nSPS) is 30.3. The molecule has 2 nitrogen and oxygen atoms in total. The first-order chi connectivity index (χ1) is 8.55. The van der Waals surface area contributed by atoms with E-state index in [9.17, 15) is 5.11 Å². The molecule has 0 radical (unpaired) electrons. The molecule has 4 heteroatoms. The predicted octanol–water partition coefficient (Wildman–Crippen LogP) is 3.90. The molecular weight excluding hydrogens is 268 g/mol. The van der Waals surface area contributed by atoms with Gasteiger partial charge in [0.25, 0.3) is 0 Å². The SMILES string of the molecule is COC1(C(O)Cc2ccc(Cl)s2)CCC(C)CC1. The molecule has 102 valence electrons. The van der Waals surface area contributed by atoms with Crippen molar-refractivity contribution in [2.45, 2.75) is 50.7 Å². The standard InChI is InChI=1S/C14H21ClO2S/c1-10-5-7-14(17-2,8-6-10)12(16)9-11-3-4-13(15)18-11/h3-4,10,12,16H,5-9H2,1-2H3. The van der Waals surface area contributed by atoms with Crippen molar-refractivity contribution in [1.29, 1.82) is 0 Å². The summed E-state index contributed by atoms with van der Waals surface area (Å²) in [6, 6.07) is 3.88. The Morgan fingerprint density at radius 2 is 2.17 bits per heavy atom. The van der Waals surface area contributed by atoms with Gasteiger partial charge in [-0.3, -0.25) is 0 Å². The minimum Gasteiger partial charge on any atom is -0.390 e. The Hall–Kier alpha value is -0.0900. The zero-order valence-corrected chi connectivity index (χ0v) is 12.6. The van der Waals surface area contributed by atoms with Crippen LogP contribution < -0.4 is 0 Å². The van der Waals surface area contributed by atoms with E-state index in [2.05, 4.69) is 6.92 Å². The Labute approximate surface area is 118 Å². The second kappa shape index (κ2) is 5.91. The molecule has 0 saturated heterocycles. The Morgan fingerprint density at radius 3 is 2.67 bits per heavy atom. The third-order valence-electron chi connectivity index (χ3n) is 4.16. The number of aliphatic hydroxyl groups is 1. The van der Waals surface area contributed by atoms with E-state index < -0.39 is 6.10 Å². The molecule has 1 saturated carbocycles. The highest BCUT2D eigenvalue weighted by molar-refractivity contribution is 7.16. The number of halogens is 1. The van der Waals surface area contributed by atoms with Crippen molar-refractivity contribution in [3.63, 3.8) is 0 Å². The first-order valence-electron chi connectivity index (χ1n) is 6.53. The first kappa shape index (κ1) is 14.3. The van der Waals surface area contributed by atoms with Crippen LogP contribution in [0.25, 0.3) is 0 Å². The number of hydrogen-bond donors (Lipinski definition) is 1. The van der Waals surface area contributed by atoms with E-state index >= 15 is 0 Å². The number of thiophene rings is 1. The number of ether oxygens (including phenoxy) is 1. The number of methoxy groups -OCH3 is 1. The minimum absolute atomic E-state index is 0.358. The van der Waals surface area contributed by atoms with Gasteiger partial charge in [0.2, 0.25) is 0 Å². The van der Waals surface area contributed by atoms with Gasteiger partial charge in [0.1, 0.15) is 0 Å². The highest BCUT2D eigenvalue weighted by Gasteiger charge is 2.40. The average Bonchev–Trinajstić information content (AvgIpc) is 2.76. The lowest BCUT2D eigenvalue weighted by atomic mass is 9.75.